The fourth-order valence-electron chi connectivity index (χ4n) is 2.76. The topological polar surface area (TPSA) is 104 Å². The van der Waals surface area contributed by atoms with E-state index >= 15 is 0 Å². The normalized spacial score (nSPS) is 11.7. The van der Waals surface area contributed by atoms with Gasteiger partial charge in [-0.3, -0.25) is 9.59 Å². The smallest absolute Gasteiger partial charge is 0.326 e. The minimum atomic E-state index is -1.24. The van der Waals surface area contributed by atoms with Gasteiger partial charge in [0.05, 0.1) is 0 Å². The molecule has 0 spiro atoms. The molecular weight excluding hydrogens is 334 g/mol. The number of carboxylic acid groups (broad SMARTS) is 2. The van der Waals surface area contributed by atoms with Crippen LogP contribution in [0.2, 0.25) is 0 Å². The van der Waals surface area contributed by atoms with Gasteiger partial charge in [0.15, 0.2) is 0 Å². The SMILES string of the molecule is O=C(O)CCC(NC(=O)CC(c1ccccc1)c1ccccc1)C(=O)O. The quantitative estimate of drug-likeness (QED) is 0.641. The molecule has 0 radical (unpaired) electrons. The van der Waals surface area contributed by atoms with Gasteiger partial charge in [-0.2, -0.15) is 0 Å². The van der Waals surface area contributed by atoms with Gasteiger partial charge in [-0.25, -0.2) is 4.79 Å². The fourth-order valence-corrected chi connectivity index (χ4v) is 2.76. The van der Waals surface area contributed by atoms with Crippen molar-refractivity contribution in [1.82, 2.24) is 5.32 Å². The molecule has 0 aliphatic rings. The molecule has 0 heterocycles. The molecule has 0 aliphatic carbocycles. The highest BCUT2D eigenvalue weighted by molar-refractivity contribution is 5.84. The molecule has 136 valence electrons. The first-order valence-electron chi connectivity index (χ1n) is 8.31. The summed E-state index contributed by atoms with van der Waals surface area (Å²) in [5, 5.41) is 20.4. The van der Waals surface area contributed by atoms with E-state index in [2.05, 4.69) is 5.32 Å². The van der Waals surface area contributed by atoms with Gasteiger partial charge in [0.2, 0.25) is 5.91 Å². The lowest BCUT2D eigenvalue weighted by Crippen LogP contribution is -2.41. The molecule has 1 amide bonds. The Hall–Kier alpha value is -3.15. The summed E-state index contributed by atoms with van der Waals surface area (Å²) in [6, 6.07) is 17.8. The van der Waals surface area contributed by atoms with E-state index in [1.807, 2.05) is 60.7 Å². The number of carbonyl (C=O) groups excluding carboxylic acids is 1. The predicted octanol–water partition coefficient (Wildman–Crippen LogP) is 2.64. The minimum Gasteiger partial charge on any atom is -0.481 e. The summed E-state index contributed by atoms with van der Waals surface area (Å²) < 4.78 is 0. The summed E-state index contributed by atoms with van der Waals surface area (Å²) in [6.07, 6.45) is -0.402. The van der Waals surface area contributed by atoms with Crippen molar-refractivity contribution in [2.45, 2.75) is 31.2 Å². The third-order valence-corrected chi connectivity index (χ3v) is 4.07. The van der Waals surface area contributed by atoms with Crippen LogP contribution in [0.1, 0.15) is 36.3 Å². The van der Waals surface area contributed by atoms with Crippen molar-refractivity contribution in [3.05, 3.63) is 71.8 Å². The zero-order valence-corrected chi connectivity index (χ0v) is 14.2. The Morgan fingerprint density at radius 1 is 0.846 bits per heavy atom. The molecule has 0 saturated heterocycles. The maximum absolute atomic E-state index is 12.4. The summed E-state index contributed by atoms with van der Waals surface area (Å²) in [6.45, 7) is 0. The molecule has 6 nitrogen and oxygen atoms in total. The van der Waals surface area contributed by atoms with Gasteiger partial charge in [0.25, 0.3) is 0 Å². The second-order valence-corrected chi connectivity index (χ2v) is 5.97. The second kappa shape index (κ2) is 9.36. The van der Waals surface area contributed by atoms with Gasteiger partial charge >= 0.3 is 11.9 Å². The average molecular weight is 355 g/mol. The zero-order chi connectivity index (χ0) is 18.9. The first-order chi connectivity index (χ1) is 12.5. The van der Waals surface area contributed by atoms with Crippen LogP contribution < -0.4 is 5.32 Å². The third-order valence-electron chi connectivity index (χ3n) is 4.07. The van der Waals surface area contributed by atoms with Gasteiger partial charge in [0.1, 0.15) is 6.04 Å². The van der Waals surface area contributed by atoms with E-state index in [1.165, 1.54) is 0 Å². The van der Waals surface area contributed by atoms with Crippen molar-refractivity contribution >= 4 is 17.8 Å². The van der Waals surface area contributed by atoms with Crippen molar-refractivity contribution in [3.8, 4) is 0 Å². The van der Waals surface area contributed by atoms with Gasteiger partial charge in [-0.15, -0.1) is 0 Å². The van der Waals surface area contributed by atoms with Crippen LogP contribution in [0, 0.1) is 0 Å². The first-order valence-corrected chi connectivity index (χ1v) is 8.31. The van der Waals surface area contributed by atoms with Crippen LogP contribution in [-0.4, -0.2) is 34.1 Å². The summed E-state index contributed by atoms with van der Waals surface area (Å²) in [5.41, 5.74) is 1.90. The molecule has 2 aromatic carbocycles. The van der Waals surface area contributed by atoms with Crippen LogP contribution in [0.5, 0.6) is 0 Å². The summed E-state index contributed by atoms with van der Waals surface area (Å²) in [4.78, 5) is 34.4. The van der Waals surface area contributed by atoms with Crippen molar-refractivity contribution in [2.24, 2.45) is 0 Å². The average Bonchev–Trinajstić information content (AvgIpc) is 2.64. The van der Waals surface area contributed by atoms with E-state index < -0.39 is 23.9 Å². The van der Waals surface area contributed by atoms with Crippen LogP contribution in [0.25, 0.3) is 0 Å². The molecule has 0 fully saturated rings. The van der Waals surface area contributed by atoms with Crippen LogP contribution in [0.4, 0.5) is 0 Å². The van der Waals surface area contributed by atoms with E-state index in [-0.39, 0.29) is 25.2 Å². The molecular formula is C20H21NO5. The molecule has 0 saturated carbocycles. The van der Waals surface area contributed by atoms with E-state index in [4.69, 9.17) is 5.11 Å². The number of aliphatic carboxylic acids is 2. The van der Waals surface area contributed by atoms with Crippen LogP contribution in [0.15, 0.2) is 60.7 Å². The van der Waals surface area contributed by atoms with E-state index in [0.717, 1.165) is 11.1 Å². The molecule has 0 bridgehead atoms. The highest BCUT2D eigenvalue weighted by Crippen LogP contribution is 2.27. The molecule has 1 atom stereocenters. The number of nitrogens with one attached hydrogen (secondary N) is 1. The van der Waals surface area contributed by atoms with Crippen molar-refractivity contribution in [2.75, 3.05) is 0 Å². The number of carboxylic acids is 2. The van der Waals surface area contributed by atoms with Gasteiger partial charge in [-0.1, -0.05) is 60.7 Å². The Labute approximate surface area is 151 Å². The van der Waals surface area contributed by atoms with Crippen LogP contribution in [-0.2, 0) is 14.4 Å². The summed E-state index contributed by atoms with van der Waals surface area (Å²) in [5.74, 6) is -2.99. The fraction of sp³-hybridized carbons (Fsp3) is 0.250. The maximum atomic E-state index is 12.4. The Morgan fingerprint density at radius 3 is 1.77 bits per heavy atom. The molecule has 3 N–H and O–H groups in total. The largest absolute Gasteiger partial charge is 0.481 e. The molecule has 0 aromatic heterocycles. The van der Waals surface area contributed by atoms with Crippen LogP contribution in [0.3, 0.4) is 0 Å². The lowest BCUT2D eigenvalue weighted by Gasteiger charge is -2.20. The van der Waals surface area contributed by atoms with E-state index in [1.54, 1.807) is 0 Å². The van der Waals surface area contributed by atoms with Crippen molar-refractivity contribution < 1.29 is 24.6 Å². The Bertz CT molecular complexity index is 706. The Balaban J connectivity index is 2.13. The Kier molecular flexibility index (Phi) is 6.91. The standard InChI is InChI=1S/C20H21NO5/c22-18(21-17(20(25)26)11-12-19(23)24)13-16(14-7-3-1-4-8-14)15-9-5-2-6-10-15/h1-10,16-17H,11-13H2,(H,21,22)(H,23,24)(H,25,26). The second-order valence-electron chi connectivity index (χ2n) is 5.97. The molecule has 0 aliphatic heterocycles. The summed E-state index contributed by atoms with van der Waals surface area (Å²) >= 11 is 0. The molecule has 2 rings (SSSR count). The highest BCUT2D eigenvalue weighted by atomic mass is 16.4. The summed E-state index contributed by atoms with van der Waals surface area (Å²) in [7, 11) is 0. The number of hydrogen-bond acceptors (Lipinski definition) is 3. The molecule has 26 heavy (non-hydrogen) atoms. The number of amides is 1. The Morgan fingerprint density at radius 2 is 1.35 bits per heavy atom. The highest BCUT2D eigenvalue weighted by Gasteiger charge is 2.24. The predicted molar refractivity (Wildman–Crippen MR) is 95.8 cm³/mol. The van der Waals surface area contributed by atoms with Gasteiger partial charge < -0.3 is 15.5 Å². The van der Waals surface area contributed by atoms with E-state index in [0.29, 0.717) is 0 Å². The molecule has 2 aromatic rings. The monoisotopic (exact) mass is 355 g/mol. The van der Waals surface area contributed by atoms with E-state index in [9.17, 15) is 19.5 Å². The minimum absolute atomic E-state index is 0.0743. The lowest BCUT2D eigenvalue weighted by molar-refractivity contribution is -0.143. The molecule has 1 unspecified atom stereocenters. The van der Waals surface area contributed by atoms with Gasteiger partial charge in [0, 0.05) is 18.8 Å². The zero-order valence-electron chi connectivity index (χ0n) is 14.2. The lowest BCUT2D eigenvalue weighted by atomic mass is 9.88. The first kappa shape index (κ1) is 19.2. The van der Waals surface area contributed by atoms with Gasteiger partial charge in [-0.05, 0) is 17.5 Å². The van der Waals surface area contributed by atoms with Crippen molar-refractivity contribution in [1.29, 1.82) is 0 Å². The third kappa shape index (κ3) is 5.73. The van der Waals surface area contributed by atoms with Crippen LogP contribution >= 0.6 is 0 Å². The maximum Gasteiger partial charge on any atom is 0.326 e. The van der Waals surface area contributed by atoms with Crippen molar-refractivity contribution in [3.63, 3.8) is 0 Å². The number of carbonyl (C=O) groups is 3. The molecule has 6 heteroatoms. The number of hydrogen-bond donors (Lipinski definition) is 3. The number of rotatable bonds is 9. The number of benzene rings is 2.